The molecular weight excluding hydrogens is 312 g/mol. The number of rotatable bonds is 3. The highest BCUT2D eigenvalue weighted by atomic mass is 32.2. The van der Waals surface area contributed by atoms with Crippen LogP contribution in [0.5, 0.6) is 0 Å². The lowest BCUT2D eigenvalue weighted by Gasteiger charge is -2.21. The molecule has 4 rings (SSSR count). The van der Waals surface area contributed by atoms with Crippen molar-refractivity contribution in [3.63, 3.8) is 0 Å². The smallest absolute Gasteiger partial charge is 0.0547 e. The summed E-state index contributed by atoms with van der Waals surface area (Å²) in [6, 6.07) is 21.6. The molecule has 0 aliphatic carbocycles. The maximum absolute atomic E-state index is 3.55. The van der Waals surface area contributed by atoms with Crippen LogP contribution in [0, 0.1) is 13.8 Å². The zero-order valence-electron chi connectivity index (χ0n) is 13.9. The van der Waals surface area contributed by atoms with Crippen LogP contribution in [0.3, 0.4) is 0 Å². The SMILES string of the molecule is Cc1ccc(C)c(CNc2ccc3c(c2)Nc2ccccc2S3)c1. The Morgan fingerprint density at radius 3 is 2.62 bits per heavy atom. The highest BCUT2D eigenvalue weighted by Crippen LogP contribution is 2.44. The fraction of sp³-hybridized carbons (Fsp3) is 0.143. The molecule has 3 heteroatoms. The molecule has 2 N–H and O–H groups in total. The van der Waals surface area contributed by atoms with Gasteiger partial charge in [-0.25, -0.2) is 0 Å². The topological polar surface area (TPSA) is 24.1 Å². The number of fused-ring (bicyclic) bond motifs is 2. The van der Waals surface area contributed by atoms with Gasteiger partial charge in [-0.05, 0) is 55.3 Å². The monoisotopic (exact) mass is 332 g/mol. The maximum Gasteiger partial charge on any atom is 0.0547 e. The molecular formula is C21H20N2S. The van der Waals surface area contributed by atoms with Crippen molar-refractivity contribution >= 4 is 28.8 Å². The van der Waals surface area contributed by atoms with Gasteiger partial charge in [0.2, 0.25) is 0 Å². The molecule has 1 aliphatic rings. The first-order chi connectivity index (χ1) is 11.7. The quantitative estimate of drug-likeness (QED) is 0.472. The Morgan fingerprint density at radius 1 is 0.875 bits per heavy atom. The Bertz CT molecular complexity index is 902. The third kappa shape index (κ3) is 3.00. The van der Waals surface area contributed by atoms with Crippen LogP contribution >= 0.6 is 11.8 Å². The summed E-state index contributed by atoms with van der Waals surface area (Å²) in [5.74, 6) is 0. The van der Waals surface area contributed by atoms with Gasteiger partial charge < -0.3 is 10.6 Å². The Balaban J connectivity index is 1.53. The van der Waals surface area contributed by atoms with Crippen LogP contribution in [0.1, 0.15) is 16.7 Å². The van der Waals surface area contributed by atoms with Crippen LogP contribution in [0.25, 0.3) is 0 Å². The summed E-state index contributed by atoms with van der Waals surface area (Å²) < 4.78 is 0. The number of nitrogens with one attached hydrogen (secondary N) is 2. The lowest BCUT2D eigenvalue weighted by Crippen LogP contribution is -2.04. The summed E-state index contributed by atoms with van der Waals surface area (Å²) in [6.45, 7) is 5.15. The van der Waals surface area contributed by atoms with E-state index in [2.05, 4.69) is 85.1 Å². The summed E-state index contributed by atoms with van der Waals surface area (Å²) in [5, 5.41) is 7.09. The molecule has 3 aromatic carbocycles. The van der Waals surface area contributed by atoms with Gasteiger partial charge in [-0.3, -0.25) is 0 Å². The number of hydrogen-bond acceptors (Lipinski definition) is 3. The molecule has 24 heavy (non-hydrogen) atoms. The van der Waals surface area contributed by atoms with Gasteiger partial charge in [0.15, 0.2) is 0 Å². The van der Waals surface area contributed by atoms with E-state index in [9.17, 15) is 0 Å². The Morgan fingerprint density at radius 2 is 1.71 bits per heavy atom. The molecule has 0 atom stereocenters. The maximum atomic E-state index is 3.55. The summed E-state index contributed by atoms with van der Waals surface area (Å²) in [5.41, 5.74) is 7.47. The van der Waals surface area contributed by atoms with Gasteiger partial charge in [0.1, 0.15) is 0 Å². The first kappa shape index (κ1) is 15.2. The van der Waals surface area contributed by atoms with Crippen molar-refractivity contribution in [1.82, 2.24) is 0 Å². The molecule has 2 nitrogen and oxygen atoms in total. The molecule has 1 heterocycles. The predicted molar refractivity (Wildman–Crippen MR) is 104 cm³/mol. The van der Waals surface area contributed by atoms with Crippen molar-refractivity contribution < 1.29 is 0 Å². The van der Waals surface area contributed by atoms with Gasteiger partial charge in [-0.15, -0.1) is 0 Å². The van der Waals surface area contributed by atoms with Gasteiger partial charge >= 0.3 is 0 Å². The van der Waals surface area contributed by atoms with Crippen molar-refractivity contribution in [3.05, 3.63) is 77.4 Å². The zero-order chi connectivity index (χ0) is 16.5. The number of benzene rings is 3. The average molecular weight is 332 g/mol. The van der Waals surface area contributed by atoms with E-state index < -0.39 is 0 Å². The standard InChI is InChI=1S/C21H20N2S/c1-14-7-8-15(2)16(11-14)13-22-17-9-10-21-19(12-17)23-18-5-3-4-6-20(18)24-21/h3-12,22-23H,13H2,1-2H3. The summed E-state index contributed by atoms with van der Waals surface area (Å²) >= 11 is 1.82. The van der Waals surface area contributed by atoms with Crippen LogP contribution in [-0.2, 0) is 6.54 Å². The largest absolute Gasteiger partial charge is 0.381 e. The van der Waals surface area contributed by atoms with Gasteiger partial charge in [-0.2, -0.15) is 0 Å². The minimum atomic E-state index is 0.843. The fourth-order valence-corrected chi connectivity index (χ4v) is 3.91. The highest BCUT2D eigenvalue weighted by Gasteiger charge is 2.15. The molecule has 0 unspecified atom stereocenters. The minimum absolute atomic E-state index is 0.843. The Hall–Kier alpha value is -2.39. The molecule has 0 bridgehead atoms. The van der Waals surface area contributed by atoms with Gasteiger partial charge in [-0.1, -0.05) is 47.7 Å². The van der Waals surface area contributed by atoms with Crippen molar-refractivity contribution in [2.75, 3.05) is 10.6 Å². The first-order valence-electron chi connectivity index (χ1n) is 8.17. The third-order valence-corrected chi connectivity index (χ3v) is 5.50. The van der Waals surface area contributed by atoms with Crippen molar-refractivity contribution in [2.45, 2.75) is 30.2 Å². The zero-order valence-corrected chi connectivity index (χ0v) is 14.7. The van der Waals surface area contributed by atoms with Crippen LogP contribution in [-0.4, -0.2) is 0 Å². The molecule has 0 aromatic heterocycles. The van der Waals surface area contributed by atoms with Crippen molar-refractivity contribution in [1.29, 1.82) is 0 Å². The van der Waals surface area contributed by atoms with E-state index in [-0.39, 0.29) is 0 Å². The number of hydrogen-bond donors (Lipinski definition) is 2. The van der Waals surface area contributed by atoms with E-state index in [4.69, 9.17) is 0 Å². The fourth-order valence-electron chi connectivity index (χ4n) is 2.94. The molecule has 0 fully saturated rings. The van der Waals surface area contributed by atoms with Crippen LogP contribution in [0.2, 0.25) is 0 Å². The number of para-hydroxylation sites is 1. The normalized spacial score (nSPS) is 12.1. The summed E-state index contributed by atoms with van der Waals surface area (Å²) in [7, 11) is 0. The van der Waals surface area contributed by atoms with Crippen LogP contribution < -0.4 is 10.6 Å². The van der Waals surface area contributed by atoms with Crippen molar-refractivity contribution in [3.8, 4) is 0 Å². The summed E-state index contributed by atoms with van der Waals surface area (Å²) in [4.78, 5) is 2.55. The second kappa shape index (κ2) is 6.25. The number of aryl methyl sites for hydroxylation is 2. The second-order valence-corrected chi connectivity index (χ2v) is 7.30. The highest BCUT2D eigenvalue weighted by molar-refractivity contribution is 7.99. The molecule has 1 aliphatic heterocycles. The predicted octanol–water partition coefficient (Wildman–Crippen LogP) is 6.12. The molecule has 3 aromatic rings. The molecule has 0 spiro atoms. The Kier molecular flexibility index (Phi) is 3.95. The lowest BCUT2D eigenvalue weighted by molar-refractivity contribution is 1.11. The molecule has 0 saturated heterocycles. The molecule has 0 radical (unpaired) electrons. The average Bonchev–Trinajstić information content (AvgIpc) is 2.60. The Labute approximate surface area is 147 Å². The van der Waals surface area contributed by atoms with E-state index in [1.165, 1.54) is 37.9 Å². The minimum Gasteiger partial charge on any atom is -0.381 e. The van der Waals surface area contributed by atoms with Crippen LogP contribution in [0.15, 0.2) is 70.5 Å². The lowest BCUT2D eigenvalue weighted by atomic mass is 10.1. The van der Waals surface area contributed by atoms with Crippen molar-refractivity contribution in [2.24, 2.45) is 0 Å². The number of anilines is 3. The summed E-state index contributed by atoms with van der Waals surface area (Å²) in [6.07, 6.45) is 0. The second-order valence-electron chi connectivity index (χ2n) is 6.22. The first-order valence-corrected chi connectivity index (χ1v) is 8.99. The van der Waals surface area contributed by atoms with E-state index in [1.54, 1.807) is 0 Å². The molecule has 0 amide bonds. The van der Waals surface area contributed by atoms with Gasteiger partial charge in [0.05, 0.1) is 11.4 Å². The molecule has 120 valence electrons. The van der Waals surface area contributed by atoms with Crippen LogP contribution in [0.4, 0.5) is 17.1 Å². The van der Waals surface area contributed by atoms with E-state index in [0.29, 0.717) is 0 Å². The van der Waals surface area contributed by atoms with E-state index >= 15 is 0 Å². The van der Waals surface area contributed by atoms with E-state index in [1.807, 2.05) is 11.8 Å². The molecule has 0 saturated carbocycles. The van der Waals surface area contributed by atoms with Gasteiger partial charge in [0.25, 0.3) is 0 Å². The van der Waals surface area contributed by atoms with Gasteiger partial charge in [0, 0.05) is 22.0 Å². The third-order valence-electron chi connectivity index (χ3n) is 4.34. The van der Waals surface area contributed by atoms with E-state index in [0.717, 1.165) is 12.2 Å².